The van der Waals surface area contributed by atoms with E-state index in [0.717, 1.165) is 0 Å². The smallest absolute Gasteiger partial charge is 0.413 e. The molecule has 1 rings (SSSR count). The topological polar surface area (TPSA) is 90.7 Å². The first kappa shape index (κ1) is 16.5. The van der Waals surface area contributed by atoms with Crippen LogP contribution in [0.15, 0.2) is 30.9 Å². The van der Waals surface area contributed by atoms with Crippen LogP contribution in [-0.4, -0.2) is 23.2 Å². The molecule has 0 spiro atoms. The van der Waals surface area contributed by atoms with E-state index in [-0.39, 0.29) is 18.0 Å². The Morgan fingerprint density at radius 3 is 2.67 bits per heavy atom. The number of nitro benzene ring substituents is 1. The van der Waals surface area contributed by atoms with Crippen LogP contribution in [0.4, 0.5) is 10.5 Å². The predicted octanol–water partition coefficient (Wildman–Crippen LogP) is 3.05. The lowest BCUT2D eigenvalue weighted by molar-refractivity contribution is -0.385. The maximum Gasteiger partial charge on any atom is 0.413 e. The van der Waals surface area contributed by atoms with Gasteiger partial charge in [0.2, 0.25) is 5.75 Å². The zero-order valence-electron chi connectivity index (χ0n) is 12.2. The summed E-state index contributed by atoms with van der Waals surface area (Å²) in [6.45, 7) is 9.06. The van der Waals surface area contributed by atoms with Gasteiger partial charge in [-0.15, -0.1) is 0 Å². The minimum absolute atomic E-state index is 0.177. The van der Waals surface area contributed by atoms with Crippen LogP contribution in [0.3, 0.4) is 0 Å². The maximum absolute atomic E-state index is 11.7. The number of carbonyl (C=O) groups is 1. The summed E-state index contributed by atoms with van der Waals surface area (Å²) >= 11 is 0. The summed E-state index contributed by atoms with van der Waals surface area (Å²) in [5.74, 6) is 0.169. The van der Waals surface area contributed by atoms with Crippen molar-refractivity contribution in [2.24, 2.45) is 0 Å². The second kappa shape index (κ2) is 6.74. The number of nitro groups is 1. The molecule has 0 bridgehead atoms. The Hall–Kier alpha value is -2.57. The van der Waals surface area contributed by atoms with Crippen LogP contribution in [-0.2, 0) is 0 Å². The van der Waals surface area contributed by atoms with Gasteiger partial charge in [-0.25, -0.2) is 4.79 Å². The molecule has 1 aromatic rings. The Labute approximate surface area is 122 Å². The van der Waals surface area contributed by atoms with Crippen molar-refractivity contribution >= 4 is 11.8 Å². The fourth-order valence-electron chi connectivity index (χ4n) is 1.40. The molecule has 1 aromatic carbocycles. The molecule has 0 heterocycles. The van der Waals surface area contributed by atoms with Gasteiger partial charge in [-0.05, 0) is 26.8 Å². The number of nitrogens with one attached hydrogen (secondary N) is 1. The van der Waals surface area contributed by atoms with Crippen molar-refractivity contribution < 1.29 is 19.2 Å². The zero-order chi connectivity index (χ0) is 16.0. The Morgan fingerprint density at radius 1 is 1.48 bits per heavy atom. The number of ether oxygens (including phenoxy) is 2. The van der Waals surface area contributed by atoms with E-state index in [0.29, 0.717) is 5.75 Å². The minimum Gasteiger partial charge on any atom is -0.489 e. The molecule has 0 unspecified atom stereocenters. The van der Waals surface area contributed by atoms with Crippen LogP contribution in [0.25, 0.3) is 0 Å². The number of carbonyl (C=O) groups excluding carboxylic acids is 1. The number of amides is 1. The van der Waals surface area contributed by atoms with Crippen molar-refractivity contribution in [3.63, 3.8) is 0 Å². The van der Waals surface area contributed by atoms with Crippen molar-refractivity contribution in [3.05, 3.63) is 41.0 Å². The molecule has 21 heavy (non-hydrogen) atoms. The summed E-state index contributed by atoms with van der Waals surface area (Å²) in [7, 11) is 0. The summed E-state index contributed by atoms with van der Waals surface area (Å²) in [5.41, 5.74) is -0.826. The van der Waals surface area contributed by atoms with Gasteiger partial charge in [0, 0.05) is 17.7 Å². The number of rotatable bonds is 5. The lowest BCUT2D eigenvalue weighted by Gasteiger charge is -2.19. The molecule has 1 N–H and O–H groups in total. The summed E-state index contributed by atoms with van der Waals surface area (Å²) in [6, 6.07) is 3.94. The van der Waals surface area contributed by atoms with Gasteiger partial charge in [-0.1, -0.05) is 12.7 Å². The standard InChI is InChI=1S/C14H18N2O5/c1-5-8-20-10-6-7-11(16(18)19)12(9-10)21-13(17)15-14(2,3)4/h5-7,9H,1,8H2,2-4H3,(H,15,17). The van der Waals surface area contributed by atoms with E-state index < -0.39 is 16.6 Å². The first-order chi connectivity index (χ1) is 9.73. The van der Waals surface area contributed by atoms with Gasteiger partial charge in [0.15, 0.2) is 0 Å². The number of hydrogen-bond donors (Lipinski definition) is 1. The second-order valence-electron chi connectivity index (χ2n) is 5.25. The summed E-state index contributed by atoms with van der Waals surface area (Å²) in [6.07, 6.45) is 0.764. The summed E-state index contributed by atoms with van der Waals surface area (Å²) in [4.78, 5) is 22.0. The molecule has 7 nitrogen and oxygen atoms in total. The first-order valence-corrected chi connectivity index (χ1v) is 6.25. The SMILES string of the molecule is C=CCOc1ccc([N+](=O)[O-])c(OC(=O)NC(C)(C)C)c1. The lowest BCUT2D eigenvalue weighted by atomic mass is 10.1. The van der Waals surface area contributed by atoms with Crippen LogP contribution < -0.4 is 14.8 Å². The van der Waals surface area contributed by atoms with Crippen molar-refractivity contribution in [1.82, 2.24) is 5.32 Å². The highest BCUT2D eigenvalue weighted by atomic mass is 16.6. The van der Waals surface area contributed by atoms with Gasteiger partial charge >= 0.3 is 11.8 Å². The van der Waals surface area contributed by atoms with Crippen LogP contribution in [0, 0.1) is 10.1 Å². The Bertz CT molecular complexity index is 549. The predicted molar refractivity (Wildman–Crippen MR) is 77.7 cm³/mol. The lowest BCUT2D eigenvalue weighted by Crippen LogP contribution is -2.42. The van der Waals surface area contributed by atoms with Crippen LogP contribution in [0.2, 0.25) is 0 Å². The van der Waals surface area contributed by atoms with Crippen LogP contribution >= 0.6 is 0 Å². The quantitative estimate of drug-likeness (QED) is 0.512. The molecule has 7 heteroatoms. The molecular formula is C14H18N2O5. The van der Waals surface area contributed by atoms with Crippen molar-refractivity contribution in [3.8, 4) is 11.5 Å². The van der Waals surface area contributed by atoms with Crippen molar-refractivity contribution in [2.75, 3.05) is 6.61 Å². The molecule has 0 aliphatic carbocycles. The Morgan fingerprint density at radius 2 is 2.14 bits per heavy atom. The Kier molecular flexibility index (Phi) is 5.29. The third-order valence-electron chi connectivity index (χ3n) is 2.18. The van der Waals surface area contributed by atoms with Crippen molar-refractivity contribution in [2.45, 2.75) is 26.3 Å². The molecule has 0 fully saturated rings. The van der Waals surface area contributed by atoms with Crippen LogP contribution in [0.1, 0.15) is 20.8 Å². The molecule has 0 atom stereocenters. The molecule has 114 valence electrons. The second-order valence-corrected chi connectivity index (χ2v) is 5.25. The first-order valence-electron chi connectivity index (χ1n) is 6.25. The monoisotopic (exact) mass is 294 g/mol. The number of nitrogens with zero attached hydrogens (tertiary/aromatic N) is 1. The third-order valence-corrected chi connectivity index (χ3v) is 2.18. The number of hydrogen-bond acceptors (Lipinski definition) is 5. The molecule has 0 saturated heterocycles. The molecule has 0 radical (unpaired) electrons. The Balaban J connectivity index is 2.98. The minimum atomic E-state index is -0.772. The van der Waals surface area contributed by atoms with E-state index in [1.807, 2.05) is 0 Å². The van der Waals surface area contributed by atoms with E-state index in [4.69, 9.17) is 9.47 Å². The van der Waals surface area contributed by atoms with Gasteiger partial charge in [0.25, 0.3) is 0 Å². The molecular weight excluding hydrogens is 276 g/mol. The normalized spacial score (nSPS) is 10.6. The highest BCUT2D eigenvalue weighted by Gasteiger charge is 2.21. The van der Waals surface area contributed by atoms with E-state index in [9.17, 15) is 14.9 Å². The van der Waals surface area contributed by atoms with E-state index in [1.54, 1.807) is 20.8 Å². The fourth-order valence-corrected chi connectivity index (χ4v) is 1.40. The third kappa shape index (κ3) is 5.52. The highest BCUT2D eigenvalue weighted by molar-refractivity contribution is 5.73. The van der Waals surface area contributed by atoms with Gasteiger partial charge in [-0.2, -0.15) is 0 Å². The number of benzene rings is 1. The molecule has 0 aromatic heterocycles. The summed E-state index contributed by atoms with van der Waals surface area (Å²) in [5, 5.41) is 13.5. The van der Waals surface area contributed by atoms with E-state index in [1.165, 1.54) is 24.3 Å². The summed E-state index contributed by atoms with van der Waals surface area (Å²) < 4.78 is 10.3. The van der Waals surface area contributed by atoms with Gasteiger partial charge < -0.3 is 14.8 Å². The highest BCUT2D eigenvalue weighted by Crippen LogP contribution is 2.31. The van der Waals surface area contributed by atoms with Gasteiger partial charge in [0.05, 0.1) is 4.92 Å². The largest absolute Gasteiger partial charge is 0.489 e. The van der Waals surface area contributed by atoms with E-state index >= 15 is 0 Å². The van der Waals surface area contributed by atoms with Gasteiger partial charge in [-0.3, -0.25) is 10.1 Å². The molecule has 1 amide bonds. The molecule has 0 aliphatic rings. The zero-order valence-corrected chi connectivity index (χ0v) is 12.2. The van der Waals surface area contributed by atoms with Crippen LogP contribution in [0.5, 0.6) is 11.5 Å². The molecule has 0 aliphatic heterocycles. The van der Waals surface area contributed by atoms with Gasteiger partial charge in [0.1, 0.15) is 12.4 Å². The maximum atomic E-state index is 11.7. The van der Waals surface area contributed by atoms with E-state index in [2.05, 4.69) is 11.9 Å². The molecule has 0 saturated carbocycles. The fraction of sp³-hybridized carbons (Fsp3) is 0.357. The van der Waals surface area contributed by atoms with Crippen molar-refractivity contribution in [1.29, 1.82) is 0 Å². The average Bonchev–Trinajstić information content (AvgIpc) is 2.33. The average molecular weight is 294 g/mol.